The van der Waals surface area contributed by atoms with Crippen LogP contribution in [0.3, 0.4) is 0 Å². The second-order valence-corrected chi connectivity index (χ2v) is 21.6. The number of benzene rings is 3. The number of esters is 2. The van der Waals surface area contributed by atoms with Gasteiger partial charge in [-0.05, 0) is 138 Å². The molecule has 0 fully saturated rings. The number of halogens is 2. The highest BCUT2D eigenvalue weighted by atomic mass is 79.9. The van der Waals surface area contributed by atoms with Crippen LogP contribution in [0.4, 0.5) is 0 Å². The molecule has 346 valence electrons. The maximum Gasteiger partial charge on any atom is 0.329 e. The zero-order valence-corrected chi connectivity index (χ0v) is 43.2. The number of nitrogens with zero attached hydrogens (tertiary/aromatic N) is 2. The molecule has 0 bridgehead atoms. The molecule has 0 spiro atoms. The number of rotatable bonds is 14. The van der Waals surface area contributed by atoms with Crippen LogP contribution in [-0.2, 0) is 67.2 Å². The summed E-state index contributed by atoms with van der Waals surface area (Å²) in [6.45, 7) is 11.5. The number of carbonyl (C=O) groups is 6. The largest absolute Gasteiger partial charge is 0.467 e. The van der Waals surface area contributed by atoms with Gasteiger partial charge in [-0.25, -0.2) is 9.59 Å². The standard InChI is InChI=1S/C48H60Br2N4O8S2/c1-45(2,3)53(7)39(55)37-31-21-47(19-27-11-15-29(49)16-12-27,43(59)51-35(25-63)41(57)61-9)23-33(31)38(40(56)54(8)46(4,5)6)34-24-48(22-32(34)37,20-28-13-17-30(50)18-14-28)44(60)52-36(26-64)42(58)62-10/h11-18,35-36,63-64H,19-26H2,1-10H3,(H,51,59)(H,52,60)/t35-,36-,47?,48?/m1/s1. The van der Waals surface area contributed by atoms with Crippen LogP contribution in [-0.4, -0.2) is 108 Å². The minimum Gasteiger partial charge on any atom is -0.467 e. The van der Waals surface area contributed by atoms with Crippen LogP contribution in [0.5, 0.6) is 0 Å². The van der Waals surface area contributed by atoms with Gasteiger partial charge in [0.2, 0.25) is 11.8 Å². The van der Waals surface area contributed by atoms with E-state index in [9.17, 15) is 9.59 Å². The Hall–Kier alpha value is -3.86. The van der Waals surface area contributed by atoms with Crippen molar-refractivity contribution in [3.05, 3.63) is 102 Å². The fraction of sp³-hybridized carbons (Fsp3) is 0.500. The fourth-order valence-corrected chi connectivity index (χ4v) is 9.68. The molecule has 0 heterocycles. The lowest BCUT2D eigenvalue weighted by Crippen LogP contribution is -2.51. The quantitative estimate of drug-likeness (QED) is 0.102. The van der Waals surface area contributed by atoms with Crippen LogP contribution in [0.25, 0.3) is 0 Å². The number of nitrogens with one attached hydrogen (secondary N) is 2. The molecule has 5 rings (SSSR count). The average molecular weight is 1040 g/mol. The molecular formula is C48H60Br2N4O8S2. The Kier molecular flexibility index (Phi) is 15.9. The first kappa shape index (κ1) is 51.1. The molecular weight excluding hydrogens is 984 g/mol. The van der Waals surface area contributed by atoms with Gasteiger partial charge in [-0.2, -0.15) is 25.3 Å². The van der Waals surface area contributed by atoms with E-state index in [2.05, 4.69) is 67.8 Å². The summed E-state index contributed by atoms with van der Waals surface area (Å²) < 4.78 is 11.8. The van der Waals surface area contributed by atoms with E-state index in [1.807, 2.05) is 90.1 Å². The van der Waals surface area contributed by atoms with Gasteiger partial charge >= 0.3 is 11.9 Å². The van der Waals surface area contributed by atoms with Crippen molar-refractivity contribution in [2.75, 3.05) is 39.8 Å². The summed E-state index contributed by atoms with van der Waals surface area (Å²) in [5.74, 6) is -2.93. The average Bonchev–Trinajstić information content (AvgIpc) is 3.82. The SMILES string of the molecule is COC(=O)[C@@H](CS)NC(=O)C1(Cc2ccc(Br)cc2)Cc2c(c(C(=O)N(C)C(C)(C)C)c3c(c2C(=O)N(C)C(C)(C)C)CC(Cc2ccc(Br)cc2)(C(=O)N[C@H](CS)C(=O)OC)C3)C1. The molecule has 0 saturated carbocycles. The van der Waals surface area contributed by atoms with Crippen molar-refractivity contribution in [3.8, 4) is 0 Å². The van der Waals surface area contributed by atoms with E-state index in [0.29, 0.717) is 33.4 Å². The normalized spacial score (nSPS) is 15.8. The third-order valence-corrected chi connectivity index (χ3v) is 14.7. The molecule has 64 heavy (non-hydrogen) atoms. The van der Waals surface area contributed by atoms with Crippen molar-refractivity contribution in [2.45, 2.75) is 103 Å². The van der Waals surface area contributed by atoms with E-state index in [1.54, 1.807) is 23.9 Å². The van der Waals surface area contributed by atoms with Gasteiger partial charge in [0, 0.05) is 56.8 Å². The highest BCUT2D eigenvalue weighted by Crippen LogP contribution is 2.52. The molecule has 16 heteroatoms. The summed E-state index contributed by atoms with van der Waals surface area (Å²) >= 11 is 15.8. The monoisotopic (exact) mass is 1040 g/mol. The lowest BCUT2D eigenvalue weighted by molar-refractivity contribution is -0.146. The zero-order valence-electron chi connectivity index (χ0n) is 38.2. The lowest BCUT2D eigenvalue weighted by Gasteiger charge is -2.35. The van der Waals surface area contributed by atoms with Gasteiger partial charge < -0.3 is 29.9 Å². The Balaban J connectivity index is 1.87. The molecule has 12 nitrogen and oxygen atoms in total. The van der Waals surface area contributed by atoms with Crippen LogP contribution in [0.1, 0.15) is 95.6 Å². The molecule has 0 aliphatic heterocycles. The molecule has 2 aliphatic rings. The van der Waals surface area contributed by atoms with Gasteiger partial charge in [-0.15, -0.1) is 0 Å². The first-order chi connectivity index (χ1) is 29.9. The van der Waals surface area contributed by atoms with E-state index in [1.165, 1.54) is 14.2 Å². The van der Waals surface area contributed by atoms with Crippen LogP contribution < -0.4 is 10.6 Å². The Morgan fingerprint density at radius 2 is 0.875 bits per heavy atom. The highest BCUT2D eigenvalue weighted by Gasteiger charge is 2.54. The third kappa shape index (κ3) is 10.5. The van der Waals surface area contributed by atoms with Crippen molar-refractivity contribution in [1.82, 2.24) is 20.4 Å². The second-order valence-electron chi connectivity index (χ2n) is 19.1. The summed E-state index contributed by atoms with van der Waals surface area (Å²) in [4.78, 5) is 90.1. The minimum atomic E-state index is -1.29. The van der Waals surface area contributed by atoms with Gasteiger partial charge in [0.25, 0.3) is 11.8 Å². The Bertz CT molecular complexity index is 2110. The number of thiol groups is 2. The molecule has 0 aromatic heterocycles. The van der Waals surface area contributed by atoms with E-state index in [0.717, 1.165) is 20.1 Å². The molecule has 0 unspecified atom stereocenters. The molecule has 0 saturated heterocycles. The number of carbonyl (C=O) groups excluding carboxylic acids is 6. The van der Waals surface area contributed by atoms with Gasteiger partial charge in [0.15, 0.2) is 0 Å². The van der Waals surface area contributed by atoms with E-state index < -0.39 is 57.7 Å². The minimum absolute atomic E-state index is 0.0270. The molecule has 3 aromatic carbocycles. The van der Waals surface area contributed by atoms with Crippen LogP contribution in [0.15, 0.2) is 57.5 Å². The predicted molar refractivity (Wildman–Crippen MR) is 261 cm³/mol. The highest BCUT2D eigenvalue weighted by molar-refractivity contribution is 9.10. The Morgan fingerprint density at radius 3 is 1.11 bits per heavy atom. The molecule has 2 N–H and O–H groups in total. The Labute approximate surface area is 404 Å². The first-order valence-corrected chi connectivity index (χ1v) is 24.0. The van der Waals surface area contributed by atoms with Gasteiger partial charge in [-0.1, -0.05) is 56.1 Å². The molecule has 2 atom stereocenters. The number of amides is 4. The first-order valence-electron chi connectivity index (χ1n) is 21.1. The van der Waals surface area contributed by atoms with Crippen molar-refractivity contribution in [2.24, 2.45) is 10.8 Å². The number of ether oxygens (including phenoxy) is 2. The maximum atomic E-state index is 15.4. The number of hydrogen-bond donors (Lipinski definition) is 4. The van der Waals surface area contributed by atoms with Crippen molar-refractivity contribution >= 4 is 92.7 Å². The van der Waals surface area contributed by atoms with Crippen molar-refractivity contribution < 1.29 is 38.2 Å². The van der Waals surface area contributed by atoms with Gasteiger partial charge in [0.1, 0.15) is 12.1 Å². The molecule has 2 aliphatic carbocycles. The summed E-state index contributed by atoms with van der Waals surface area (Å²) in [7, 11) is 5.94. The molecule has 3 aromatic rings. The number of hydrogen-bond acceptors (Lipinski definition) is 10. The zero-order chi connectivity index (χ0) is 47.7. The predicted octanol–water partition coefficient (Wildman–Crippen LogP) is 6.78. The second kappa shape index (κ2) is 19.9. The van der Waals surface area contributed by atoms with E-state index >= 15 is 19.2 Å². The Morgan fingerprint density at radius 1 is 0.594 bits per heavy atom. The maximum absolute atomic E-state index is 15.4. The van der Waals surface area contributed by atoms with Crippen molar-refractivity contribution in [1.29, 1.82) is 0 Å². The molecule has 4 amide bonds. The fourth-order valence-electron chi connectivity index (χ4n) is 8.67. The van der Waals surface area contributed by atoms with E-state index in [4.69, 9.17) is 9.47 Å². The lowest BCUT2D eigenvalue weighted by atomic mass is 9.76. The number of fused-ring (bicyclic) bond motifs is 2. The summed E-state index contributed by atoms with van der Waals surface area (Å²) in [5, 5.41) is 5.84. The van der Waals surface area contributed by atoms with Gasteiger partial charge in [-0.3, -0.25) is 19.2 Å². The van der Waals surface area contributed by atoms with Crippen LogP contribution in [0.2, 0.25) is 0 Å². The summed E-state index contributed by atoms with van der Waals surface area (Å²) in [5.41, 5.74) is 0.594. The third-order valence-electron chi connectivity index (χ3n) is 12.9. The topological polar surface area (TPSA) is 151 Å². The summed E-state index contributed by atoms with van der Waals surface area (Å²) in [6.07, 6.45) is 0.538. The summed E-state index contributed by atoms with van der Waals surface area (Å²) in [6, 6.07) is 13.1. The van der Waals surface area contributed by atoms with Crippen molar-refractivity contribution in [3.63, 3.8) is 0 Å². The smallest absolute Gasteiger partial charge is 0.329 e. The van der Waals surface area contributed by atoms with Gasteiger partial charge in [0.05, 0.1) is 25.0 Å². The molecule has 0 radical (unpaired) electrons. The van der Waals surface area contributed by atoms with Crippen LogP contribution >= 0.6 is 57.1 Å². The number of methoxy groups -OCH3 is 2. The van der Waals surface area contributed by atoms with E-state index in [-0.39, 0.29) is 61.8 Å². The van der Waals surface area contributed by atoms with Crippen LogP contribution in [0, 0.1) is 10.8 Å².